The maximum Gasteiger partial charge on any atom is 0.264 e. The average Bonchev–Trinajstić information content (AvgIpc) is 2.51. The highest BCUT2D eigenvalue weighted by molar-refractivity contribution is 9.10. The molecular formula is C17H13BrClNO. The summed E-state index contributed by atoms with van der Waals surface area (Å²) in [4.78, 5) is 12.9. The summed E-state index contributed by atoms with van der Waals surface area (Å²) in [5.74, 6) is 0. The van der Waals surface area contributed by atoms with Gasteiger partial charge in [-0.25, -0.2) is 0 Å². The number of nitrogens with zero attached hydrogens (tertiary/aromatic N) is 1. The number of benzene rings is 2. The number of halogens is 2. The maximum atomic E-state index is 12.9. The number of para-hydroxylation sites is 1. The standard InChI is InChI=1S/C17H13BrClNO/c1-2-14-16(18)12-9-6-10-13(19)15(12)17(21)20(14)11-7-4-3-5-8-11/h3-10H,2H2,1H3. The minimum absolute atomic E-state index is 0.0816. The highest BCUT2D eigenvalue weighted by atomic mass is 79.9. The number of pyridine rings is 1. The lowest BCUT2D eigenvalue weighted by Crippen LogP contribution is -2.23. The second kappa shape index (κ2) is 5.66. The summed E-state index contributed by atoms with van der Waals surface area (Å²) in [6.45, 7) is 2.04. The predicted molar refractivity (Wildman–Crippen MR) is 91.6 cm³/mol. The summed E-state index contributed by atoms with van der Waals surface area (Å²) in [6, 6.07) is 15.2. The molecule has 3 rings (SSSR count). The minimum atomic E-state index is -0.0816. The molecule has 0 amide bonds. The first kappa shape index (κ1) is 14.4. The third-order valence-electron chi connectivity index (χ3n) is 3.54. The monoisotopic (exact) mass is 361 g/mol. The van der Waals surface area contributed by atoms with Gasteiger partial charge in [0.05, 0.1) is 10.4 Å². The van der Waals surface area contributed by atoms with E-state index in [1.807, 2.05) is 49.4 Å². The van der Waals surface area contributed by atoms with E-state index in [4.69, 9.17) is 11.6 Å². The van der Waals surface area contributed by atoms with Crippen molar-refractivity contribution in [3.05, 3.63) is 74.1 Å². The summed E-state index contributed by atoms with van der Waals surface area (Å²) >= 11 is 9.90. The van der Waals surface area contributed by atoms with Crippen LogP contribution in [0.25, 0.3) is 16.5 Å². The first-order chi connectivity index (χ1) is 10.1. The molecule has 0 aliphatic rings. The van der Waals surface area contributed by atoms with Crippen molar-refractivity contribution in [2.45, 2.75) is 13.3 Å². The van der Waals surface area contributed by atoms with Gasteiger partial charge < -0.3 is 0 Å². The van der Waals surface area contributed by atoms with E-state index < -0.39 is 0 Å². The third-order valence-corrected chi connectivity index (χ3v) is 4.74. The maximum absolute atomic E-state index is 12.9. The molecule has 0 N–H and O–H groups in total. The summed E-state index contributed by atoms with van der Waals surface area (Å²) < 4.78 is 2.66. The van der Waals surface area contributed by atoms with Gasteiger partial charge in [0, 0.05) is 21.2 Å². The quantitative estimate of drug-likeness (QED) is 0.631. The third kappa shape index (κ3) is 2.30. The molecule has 0 atom stereocenters. The van der Waals surface area contributed by atoms with Crippen LogP contribution in [0.4, 0.5) is 0 Å². The van der Waals surface area contributed by atoms with Crippen molar-refractivity contribution < 1.29 is 0 Å². The van der Waals surface area contributed by atoms with Gasteiger partial charge in [-0.3, -0.25) is 9.36 Å². The molecule has 0 radical (unpaired) electrons. The fraction of sp³-hybridized carbons (Fsp3) is 0.118. The van der Waals surface area contributed by atoms with Crippen LogP contribution >= 0.6 is 27.5 Å². The molecule has 0 aliphatic heterocycles. The molecule has 0 saturated carbocycles. The minimum Gasteiger partial charge on any atom is -0.280 e. The Hall–Kier alpha value is -1.58. The Bertz CT molecular complexity index is 871. The lowest BCUT2D eigenvalue weighted by molar-refractivity contribution is 0.881. The molecule has 2 aromatic carbocycles. The molecule has 106 valence electrons. The van der Waals surface area contributed by atoms with Gasteiger partial charge in [-0.2, -0.15) is 0 Å². The number of aromatic nitrogens is 1. The van der Waals surface area contributed by atoms with Gasteiger partial charge in [-0.05, 0) is 40.5 Å². The summed E-state index contributed by atoms with van der Waals surface area (Å²) in [6.07, 6.45) is 0.743. The van der Waals surface area contributed by atoms with Crippen molar-refractivity contribution in [1.29, 1.82) is 0 Å². The van der Waals surface area contributed by atoms with Crippen LogP contribution in [-0.4, -0.2) is 4.57 Å². The van der Waals surface area contributed by atoms with E-state index in [-0.39, 0.29) is 5.56 Å². The molecule has 2 nitrogen and oxygen atoms in total. The fourth-order valence-corrected chi connectivity index (χ4v) is 3.62. The molecule has 0 fully saturated rings. The van der Waals surface area contributed by atoms with Crippen molar-refractivity contribution in [3.8, 4) is 5.69 Å². The van der Waals surface area contributed by atoms with Crippen molar-refractivity contribution in [1.82, 2.24) is 4.57 Å². The molecule has 1 heterocycles. The molecule has 0 bridgehead atoms. The van der Waals surface area contributed by atoms with Crippen LogP contribution in [0, 0.1) is 0 Å². The van der Waals surface area contributed by atoms with E-state index in [9.17, 15) is 4.79 Å². The van der Waals surface area contributed by atoms with E-state index in [1.165, 1.54) is 0 Å². The van der Waals surface area contributed by atoms with Crippen LogP contribution in [0.3, 0.4) is 0 Å². The molecule has 0 aliphatic carbocycles. The van der Waals surface area contributed by atoms with Gasteiger partial charge in [0.15, 0.2) is 0 Å². The number of hydrogen-bond donors (Lipinski definition) is 0. The van der Waals surface area contributed by atoms with Gasteiger partial charge in [0.2, 0.25) is 0 Å². The Kier molecular flexibility index (Phi) is 3.87. The van der Waals surface area contributed by atoms with Crippen LogP contribution in [-0.2, 0) is 6.42 Å². The second-order valence-corrected chi connectivity index (χ2v) is 5.95. The summed E-state index contributed by atoms with van der Waals surface area (Å²) in [7, 11) is 0. The summed E-state index contributed by atoms with van der Waals surface area (Å²) in [5, 5.41) is 1.88. The van der Waals surface area contributed by atoms with Crippen molar-refractivity contribution in [2.24, 2.45) is 0 Å². The van der Waals surface area contributed by atoms with E-state index in [0.717, 1.165) is 27.7 Å². The van der Waals surface area contributed by atoms with Crippen molar-refractivity contribution in [3.63, 3.8) is 0 Å². The van der Waals surface area contributed by atoms with E-state index in [2.05, 4.69) is 15.9 Å². The van der Waals surface area contributed by atoms with E-state index >= 15 is 0 Å². The zero-order chi connectivity index (χ0) is 15.0. The SMILES string of the molecule is CCc1c(Br)c2cccc(Cl)c2c(=O)n1-c1ccccc1. The molecule has 3 aromatic rings. The Balaban J connectivity index is 2.53. The van der Waals surface area contributed by atoms with Crippen molar-refractivity contribution >= 4 is 38.3 Å². The van der Waals surface area contributed by atoms with Crippen LogP contribution in [0.1, 0.15) is 12.6 Å². The fourth-order valence-electron chi connectivity index (χ4n) is 2.58. The molecule has 0 unspecified atom stereocenters. The highest BCUT2D eigenvalue weighted by Gasteiger charge is 2.16. The number of fused-ring (bicyclic) bond motifs is 1. The summed E-state index contributed by atoms with van der Waals surface area (Å²) in [5.41, 5.74) is 1.71. The number of rotatable bonds is 2. The lowest BCUT2D eigenvalue weighted by atomic mass is 10.1. The Morgan fingerprint density at radius 3 is 2.48 bits per heavy atom. The normalized spacial score (nSPS) is 11.0. The van der Waals surface area contributed by atoms with Gasteiger partial charge in [-0.15, -0.1) is 0 Å². The molecular weight excluding hydrogens is 350 g/mol. The van der Waals surface area contributed by atoms with Crippen molar-refractivity contribution in [2.75, 3.05) is 0 Å². The zero-order valence-corrected chi connectivity index (χ0v) is 13.8. The zero-order valence-electron chi connectivity index (χ0n) is 11.4. The van der Waals surface area contributed by atoms with Gasteiger partial charge in [-0.1, -0.05) is 48.9 Å². The lowest BCUT2D eigenvalue weighted by Gasteiger charge is -2.16. The smallest absolute Gasteiger partial charge is 0.264 e. The Labute approximate surface area is 136 Å². The molecule has 21 heavy (non-hydrogen) atoms. The number of hydrogen-bond acceptors (Lipinski definition) is 1. The predicted octanol–water partition coefficient (Wildman–Crippen LogP) is 4.97. The first-order valence-electron chi connectivity index (χ1n) is 6.72. The largest absolute Gasteiger partial charge is 0.280 e. The molecule has 0 spiro atoms. The topological polar surface area (TPSA) is 22.0 Å². The van der Waals surface area contributed by atoms with Crippen LogP contribution in [0.5, 0.6) is 0 Å². The molecule has 0 saturated heterocycles. The van der Waals surface area contributed by atoms with Crippen LogP contribution < -0.4 is 5.56 Å². The second-order valence-electron chi connectivity index (χ2n) is 4.75. The Morgan fingerprint density at radius 2 is 1.81 bits per heavy atom. The van der Waals surface area contributed by atoms with Crippen LogP contribution in [0.15, 0.2) is 57.8 Å². The molecule has 4 heteroatoms. The van der Waals surface area contributed by atoms with Crippen LogP contribution in [0.2, 0.25) is 5.02 Å². The average molecular weight is 363 g/mol. The molecule has 1 aromatic heterocycles. The van der Waals surface area contributed by atoms with Gasteiger partial charge >= 0.3 is 0 Å². The highest BCUT2D eigenvalue weighted by Crippen LogP contribution is 2.30. The first-order valence-corrected chi connectivity index (χ1v) is 7.89. The Morgan fingerprint density at radius 1 is 1.10 bits per heavy atom. The van der Waals surface area contributed by atoms with Gasteiger partial charge in [0.1, 0.15) is 0 Å². The van der Waals surface area contributed by atoms with E-state index in [0.29, 0.717) is 10.4 Å². The van der Waals surface area contributed by atoms with E-state index in [1.54, 1.807) is 10.6 Å². The van der Waals surface area contributed by atoms with Gasteiger partial charge in [0.25, 0.3) is 5.56 Å².